The van der Waals surface area contributed by atoms with Crippen LogP contribution in [0.2, 0.25) is 0 Å². The molecule has 100 valence electrons. The Balaban J connectivity index is 0.00000289. The van der Waals surface area contributed by atoms with E-state index in [2.05, 4.69) is 0 Å². The van der Waals surface area contributed by atoms with Gasteiger partial charge in [-0.05, 0) is 44.5 Å². The first kappa shape index (κ1) is 16.2. The molecule has 0 aliphatic carbocycles. The standard InChI is InChI=1S/C13H16O4.CH4/c1-4-16-12(14)10-6-9(3)7-11(8-10)13(15)17-5-2;/h6-8H,4-5H2,1-3H3;1H4. The summed E-state index contributed by atoms with van der Waals surface area (Å²) in [5.74, 6) is -0.858. The zero-order chi connectivity index (χ0) is 12.8. The molecule has 1 rings (SSSR count). The van der Waals surface area contributed by atoms with Gasteiger partial charge in [-0.25, -0.2) is 9.59 Å². The van der Waals surface area contributed by atoms with E-state index in [1.807, 2.05) is 6.92 Å². The van der Waals surface area contributed by atoms with Crippen LogP contribution in [0.4, 0.5) is 0 Å². The van der Waals surface area contributed by atoms with Gasteiger partial charge in [0.2, 0.25) is 0 Å². The Morgan fingerprint density at radius 3 is 1.67 bits per heavy atom. The Bertz CT molecular complexity index is 388. The first-order valence-electron chi connectivity index (χ1n) is 5.54. The zero-order valence-electron chi connectivity index (χ0n) is 10.3. The smallest absolute Gasteiger partial charge is 0.338 e. The fourth-order valence-corrected chi connectivity index (χ4v) is 1.45. The van der Waals surface area contributed by atoms with Crippen molar-refractivity contribution in [3.05, 3.63) is 34.9 Å². The first-order chi connectivity index (χ1) is 8.08. The lowest BCUT2D eigenvalue weighted by molar-refractivity contribution is 0.0525. The van der Waals surface area contributed by atoms with Gasteiger partial charge < -0.3 is 9.47 Å². The van der Waals surface area contributed by atoms with Gasteiger partial charge in [0.05, 0.1) is 24.3 Å². The van der Waals surface area contributed by atoms with Crippen LogP contribution in [0.15, 0.2) is 18.2 Å². The molecule has 0 atom stereocenters. The molecule has 0 spiro atoms. The number of hydrogen-bond donors (Lipinski definition) is 0. The van der Waals surface area contributed by atoms with Gasteiger partial charge in [0.1, 0.15) is 0 Å². The number of carbonyl (C=O) groups excluding carboxylic acids is 2. The summed E-state index contributed by atoms with van der Waals surface area (Å²) in [6, 6.07) is 4.85. The van der Waals surface area contributed by atoms with Gasteiger partial charge in [0.25, 0.3) is 0 Å². The van der Waals surface area contributed by atoms with Crippen LogP contribution in [0.1, 0.15) is 47.6 Å². The van der Waals surface area contributed by atoms with E-state index in [0.29, 0.717) is 24.3 Å². The van der Waals surface area contributed by atoms with Crippen molar-refractivity contribution in [2.75, 3.05) is 13.2 Å². The number of aryl methyl sites for hydroxylation is 1. The largest absolute Gasteiger partial charge is 0.462 e. The maximum absolute atomic E-state index is 11.6. The van der Waals surface area contributed by atoms with E-state index in [1.165, 1.54) is 6.07 Å². The van der Waals surface area contributed by atoms with E-state index >= 15 is 0 Å². The summed E-state index contributed by atoms with van der Waals surface area (Å²) in [6.07, 6.45) is 0. The highest BCUT2D eigenvalue weighted by molar-refractivity contribution is 5.95. The monoisotopic (exact) mass is 252 g/mol. The Hall–Kier alpha value is -1.84. The summed E-state index contributed by atoms with van der Waals surface area (Å²) in [7, 11) is 0. The second-order valence-corrected chi connectivity index (χ2v) is 3.53. The maximum Gasteiger partial charge on any atom is 0.338 e. The van der Waals surface area contributed by atoms with Crippen molar-refractivity contribution in [3.63, 3.8) is 0 Å². The van der Waals surface area contributed by atoms with Gasteiger partial charge in [-0.1, -0.05) is 7.43 Å². The summed E-state index contributed by atoms with van der Waals surface area (Å²) in [6.45, 7) is 5.90. The fourth-order valence-electron chi connectivity index (χ4n) is 1.45. The highest BCUT2D eigenvalue weighted by atomic mass is 16.5. The van der Waals surface area contributed by atoms with Crippen molar-refractivity contribution < 1.29 is 19.1 Å². The van der Waals surface area contributed by atoms with Crippen LogP contribution < -0.4 is 0 Å². The lowest BCUT2D eigenvalue weighted by Crippen LogP contribution is -2.09. The number of esters is 2. The summed E-state index contributed by atoms with van der Waals surface area (Å²) in [5, 5.41) is 0. The number of rotatable bonds is 4. The molecule has 0 aliphatic rings. The van der Waals surface area contributed by atoms with Gasteiger partial charge in [-0.15, -0.1) is 0 Å². The molecule has 0 unspecified atom stereocenters. The minimum absolute atomic E-state index is 0. The van der Waals surface area contributed by atoms with Crippen molar-refractivity contribution in [3.8, 4) is 0 Å². The van der Waals surface area contributed by atoms with E-state index in [9.17, 15) is 9.59 Å². The average Bonchev–Trinajstić information content (AvgIpc) is 2.29. The molecule has 0 heterocycles. The molecule has 1 aromatic carbocycles. The van der Waals surface area contributed by atoms with Crippen LogP contribution in [0.5, 0.6) is 0 Å². The second kappa shape index (κ2) is 7.48. The molecule has 0 N–H and O–H groups in total. The predicted octanol–water partition coefficient (Wildman–Crippen LogP) is 2.98. The van der Waals surface area contributed by atoms with Crippen LogP contribution in [0.25, 0.3) is 0 Å². The van der Waals surface area contributed by atoms with Crippen molar-refractivity contribution in [2.24, 2.45) is 0 Å². The number of hydrogen-bond acceptors (Lipinski definition) is 4. The van der Waals surface area contributed by atoms with Crippen molar-refractivity contribution in [2.45, 2.75) is 28.2 Å². The minimum atomic E-state index is -0.429. The molecule has 0 radical (unpaired) electrons. The minimum Gasteiger partial charge on any atom is -0.462 e. The van der Waals surface area contributed by atoms with Crippen LogP contribution in [0.3, 0.4) is 0 Å². The molecule has 0 aromatic heterocycles. The van der Waals surface area contributed by atoms with Gasteiger partial charge >= 0.3 is 11.9 Å². The van der Waals surface area contributed by atoms with Gasteiger partial charge in [0, 0.05) is 0 Å². The molecule has 4 heteroatoms. The van der Waals surface area contributed by atoms with Crippen LogP contribution in [0, 0.1) is 6.92 Å². The molecular formula is C14H20O4. The molecule has 0 aliphatic heterocycles. The Morgan fingerprint density at radius 2 is 1.33 bits per heavy atom. The molecule has 0 bridgehead atoms. The summed E-state index contributed by atoms with van der Waals surface area (Å²) in [5.41, 5.74) is 1.56. The van der Waals surface area contributed by atoms with Gasteiger partial charge in [-0.2, -0.15) is 0 Å². The molecular weight excluding hydrogens is 232 g/mol. The van der Waals surface area contributed by atoms with Crippen LogP contribution >= 0.6 is 0 Å². The van der Waals surface area contributed by atoms with E-state index in [0.717, 1.165) is 5.56 Å². The van der Waals surface area contributed by atoms with Crippen molar-refractivity contribution >= 4 is 11.9 Å². The lowest BCUT2D eigenvalue weighted by Gasteiger charge is -2.06. The quantitative estimate of drug-likeness (QED) is 0.773. The van der Waals surface area contributed by atoms with Gasteiger partial charge in [-0.3, -0.25) is 0 Å². The SMILES string of the molecule is C.CCOC(=O)c1cc(C)cc(C(=O)OCC)c1. The van der Waals surface area contributed by atoms with E-state index < -0.39 is 11.9 Å². The lowest BCUT2D eigenvalue weighted by atomic mass is 10.1. The molecule has 4 nitrogen and oxygen atoms in total. The highest BCUT2D eigenvalue weighted by Gasteiger charge is 2.13. The third-order valence-corrected chi connectivity index (χ3v) is 2.10. The number of ether oxygens (including phenoxy) is 2. The van der Waals surface area contributed by atoms with E-state index in [-0.39, 0.29) is 7.43 Å². The molecule has 0 saturated heterocycles. The van der Waals surface area contributed by atoms with Crippen molar-refractivity contribution in [1.29, 1.82) is 0 Å². The Morgan fingerprint density at radius 1 is 0.944 bits per heavy atom. The predicted molar refractivity (Wildman–Crippen MR) is 69.8 cm³/mol. The maximum atomic E-state index is 11.6. The average molecular weight is 252 g/mol. The number of carbonyl (C=O) groups is 2. The summed E-state index contributed by atoms with van der Waals surface area (Å²) < 4.78 is 9.77. The summed E-state index contributed by atoms with van der Waals surface area (Å²) in [4.78, 5) is 23.1. The molecule has 0 amide bonds. The molecule has 0 saturated carbocycles. The Labute approximate surface area is 108 Å². The molecule has 0 fully saturated rings. The first-order valence-corrected chi connectivity index (χ1v) is 5.54. The third kappa shape index (κ3) is 4.20. The Kier molecular flexibility index (Phi) is 6.71. The third-order valence-electron chi connectivity index (χ3n) is 2.10. The van der Waals surface area contributed by atoms with Crippen LogP contribution in [-0.2, 0) is 9.47 Å². The molecule has 18 heavy (non-hydrogen) atoms. The molecule has 1 aromatic rings. The fraction of sp³-hybridized carbons (Fsp3) is 0.429. The van der Waals surface area contributed by atoms with E-state index in [4.69, 9.17) is 9.47 Å². The van der Waals surface area contributed by atoms with Gasteiger partial charge in [0.15, 0.2) is 0 Å². The topological polar surface area (TPSA) is 52.6 Å². The van der Waals surface area contributed by atoms with Crippen LogP contribution in [-0.4, -0.2) is 25.2 Å². The highest BCUT2D eigenvalue weighted by Crippen LogP contribution is 2.12. The summed E-state index contributed by atoms with van der Waals surface area (Å²) >= 11 is 0. The number of benzene rings is 1. The zero-order valence-corrected chi connectivity index (χ0v) is 10.3. The normalized spacial score (nSPS) is 9.28. The van der Waals surface area contributed by atoms with E-state index in [1.54, 1.807) is 26.0 Å². The van der Waals surface area contributed by atoms with Crippen molar-refractivity contribution in [1.82, 2.24) is 0 Å². The second-order valence-electron chi connectivity index (χ2n) is 3.53.